The molecule has 4 nitrogen and oxygen atoms in total. The van der Waals surface area contributed by atoms with Crippen molar-refractivity contribution in [2.24, 2.45) is 5.92 Å². The number of ether oxygens (including phenoxy) is 1. The standard InChI is InChI=1S/C21H26N2O2/c1-22-19(7-5-16-6-8-20-17(13-16)9-12-25-20)14-18(21(22)24)15-23-10-3-2-4-11-23/h6,8,13,18-19H,2-4,9-12,14-15H2,1H3/t18-,19-/m1/s1. The summed E-state index contributed by atoms with van der Waals surface area (Å²) in [5.74, 6) is 7.96. The first-order valence-electron chi connectivity index (χ1n) is 9.47. The monoisotopic (exact) mass is 338 g/mol. The van der Waals surface area contributed by atoms with Gasteiger partial charge in [-0.3, -0.25) is 4.79 Å². The van der Waals surface area contributed by atoms with Crippen LogP contribution in [0.4, 0.5) is 0 Å². The second-order valence-corrected chi connectivity index (χ2v) is 7.45. The van der Waals surface area contributed by atoms with E-state index in [9.17, 15) is 4.79 Å². The molecule has 3 heterocycles. The Bertz CT molecular complexity index is 712. The molecule has 3 aliphatic heterocycles. The predicted octanol–water partition coefficient (Wildman–Crippen LogP) is 2.31. The van der Waals surface area contributed by atoms with Gasteiger partial charge in [0.15, 0.2) is 0 Å². The minimum absolute atomic E-state index is 0.0341. The van der Waals surface area contributed by atoms with Crippen molar-refractivity contribution in [3.8, 4) is 17.6 Å². The Morgan fingerprint density at radius 1 is 1.24 bits per heavy atom. The SMILES string of the molecule is CN1C(=O)[C@@H](CN2CCCCC2)C[C@H]1C#Cc1ccc2c(c1)CCO2. The highest BCUT2D eigenvalue weighted by molar-refractivity contribution is 5.82. The predicted molar refractivity (Wildman–Crippen MR) is 97.5 cm³/mol. The van der Waals surface area contributed by atoms with Crippen molar-refractivity contribution < 1.29 is 9.53 Å². The Labute approximate surface area is 150 Å². The normalized spacial score (nSPS) is 26.1. The first-order chi connectivity index (χ1) is 12.2. The quantitative estimate of drug-likeness (QED) is 0.776. The summed E-state index contributed by atoms with van der Waals surface area (Å²) in [6.45, 7) is 3.95. The number of fused-ring (bicyclic) bond motifs is 1. The maximum atomic E-state index is 12.6. The average Bonchev–Trinajstić information content (AvgIpc) is 3.20. The summed E-state index contributed by atoms with van der Waals surface area (Å²) in [7, 11) is 1.90. The van der Waals surface area contributed by atoms with Crippen LogP contribution in [-0.2, 0) is 11.2 Å². The Balaban J connectivity index is 1.42. The van der Waals surface area contributed by atoms with Crippen molar-refractivity contribution in [1.82, 2.24) is 9.80 Å². The van der Waals surface area contributed by atoms with Crippen LogP contribution in [0.1, 0.15) is 36.8 Å². The third-order valence-electron chi connectivity index (χ3n) is 5.67. The first kappa shape index (κ1) is 16.5. The molecule has 3 aliphatic rings. The fraction of sp³-hybridized carbons (Fsp3) is 0.571. The van der Waals surface area contributed by atoms with Gasteiger partial charge in [-0.25, -0.2) is 0 Å². The zero-order valence-electron chi connectivity index (χ0n) is 15.0. The molecule has 4 rings (SSSR count). The van der Waals surface area contributed by atoms with E-state index >= 15 is 0 Å². The van der Waals surface area contributed by atoms with E-state index in [4.69, 9.17) is 4.74 Å². The topological polar surface area (TPSA) is 32.8 Å². The van der Waals surface area contributed by atoms with Crippen LogP contribution in [0.15, 0.2) is 18.2 Å². The highest BCUT2D eigenvalue weighted by Gasteiger charge is 2.37. The molecule has 0 unspecified atom stereocenters. The molecular formula is C21H26N2O2. The van der Waals surface area contributed by atoms with Crippen molar-refractivity contribution in [2.75, 3.05) is 33.3 Å². The number of hydrogen-bond acceptors (Lipinski definition) is 3. The van der Waals surface area contributed by atoms with Crippen LogP contribution in [0.25, 0.3) is 0 Å². The molecule has 2 saturated heterocycles. The Morgan fingerprint density at radius 2 is 2.08 bits per heavy atom. The van der Waals surface area contributed by atoms with Gasteiger partial charge in [0, 0.05) is 25.6 Å². The number of nitrogens with zero attached hydrogens (tertiary/aromatic N) is 2. The summed E-state index contributed by atoms with van der Waals surface area (Å²) in [6.07, 6.45) is 5.68. The van der Waals surface area contributed by atoms with Crippen LogP contribution in [-0.4, -0.2) is 55.0 Å². The summed E-state index contributed by atoms with van der Waals surface area (Å²) >= 11 is 0. The van der Waals surface area contributed by atoms with Crippen molar-refractivity contribution in [3.05, 3.63) is 29.3 Å². The van der Waals surface area contributed by atoms with Crippen molar-refractivity contribution in [3.63, 3.8) is 0 Å². The molecule has 2 fully saturated rings. The highest BCUT2D eigenvalue weighted by atomic mass is 16.5. The van der Waals surface area contributed by atoms with Crippen LogP contribution in [0.5, 0.6) is 5.75 Å². The number of rotatable bonds is 2. The van der Waals surface area contributed by atoms with Gasteiger partial charge in [0.1, 0.15) is 5.75 Å². The van der Waals surface area contributed by atoms with Gasteiger partial charge in [-0.2, -0.15) is 0 Å². The molecule has 0 spiro atoms. The molecule has 0 N–H and O–H groups in total. The maximum Gasteiger partial charge on any atom is 0.227 e. The fourth-order valence-corrected chi connectivity index (χ4v) is 4.16. The molecule has 0 aromatic heterocycles. The Hall–Kier alpha value is -1.99. The average molecular weight is 338 g/mol. The summed E-state index contributed by atoms with van der Waals surface area (Å²) < 4.78 is 5.54. The van der Waals surface area contributed by atoms with Gasteiger partial charge in [0.05, 0.1) is 18.6 Å². The van der Waals surface area contributed by atoms with Gasteiger partial charge >= 0.3 is 0 Å². The van der Waals surface area contributed by atoms with E-state index in [0.717, 1.165) is 50.4 Å². The van der Waals surface area contributed by atoms with E-state index in [0.29, 0.717) is 0 Å². The third kappa shape index (κ3) is 3.52. The number of likely N-dealkylation sites (tertiary alicyclic amines) is 2. The van der Waals surface area contributed by atoms with E-state index in [1.54, 1.807) is 0 Å². The highest BCUT2D eigenvalue weighted by Crippen LogP contribution is 2.27. The maximum absolute atomic E-state index is 12.6. The third-order valence-corrected chi connectivity index (χ3v) is 5.67. The van der Waals surface area contributed by atoms with E-state index in [1.165, 1.54) is 24.8 Å². The molecule has 0 saturated carbocycles. The van der Waals surface area contributed by atoms with Gasteiger partial charge in [-0.05, 0) is 56.1 Å². The molecule has 1 amide bonds. The zero-order chi connectivity index (χ0) is 17.2. The Kier molecular flexibility index (Phi) is 4.67. The summed E-state index contributed by atoms with van der Waals surface area (Å²) in [6, 6.07) is 6.18. The van der Waals surface area contributed by atoms with E-state index < -0.39 is 0 Å². The molecule has 0 aliphatic carbocycles. The fourth-order valence-electron chi connectivity index (χ4n) is 4.16. The molecule has 0 bridgehead atoms. The second kappa shape index (κ2) is 7.09. The molecule has 1 aromatic rings. The van der Waals surface area contributed by atoms with Crippen molar-refractivity contribution in [2.45, 2.75) is 38.1 Å². The van der Waals surface area contributed by atoms with Crippen LogP contribution in [0.3, 0.4) is 0 Å². The number of amides is 1. The number of carbonyl (C=O) groups excluding carboxylic acids is 1. The second-order valence-electron chi connectivity index (χ2n) is 7.45. The Morgan fingerprint density at radius 3 is 2.92 bits per heavy atom. The van der Waals surface area contributed by atoms with Gasteiger partial charge in [0.25, 0.3) is 0 Å². The molecule has 0 radical (unpaired) electrons. The van der Waals surface area contributed by atoms with Crippen LogP contribution in [0.2, 0.25) is 0 Å². The van der Waals surface area contributed by atoms with Crippen molar-refractivity contribution >= 4 is 5.91 Å². The number of piperidine rings is 1. The molecule has 25 heavy (non-hydrogen) atoms. The molecule has 2 atom stereocenters. The summed E-state index contributed by atoms with van der Waals surface area (Å²) in [4.78, 5) is 16.9. The van der Waals surface area contributed by atoms with Gasteiger partial charge in [-0.1, -0.05) is 18.3 Å². The summed E-state index contributed by atoms with van der Waals surface area (Å²) in [5.41, 5.74) is 2.26. The number of benzene rings is 1. The van der Waals surface area contributed by atoms with Crippen LogP contribution in [0, 0.1) is 17.8 Å². The number of carbonyl (C=O) groups is 1. The number of hydrogen-bond donors (Lipinski definition) is 0. The lowest BCUT2D eigenvalue weighted by molar-refractivity contribution is -0.130. The largest absolute Gasteiger partial charge is 0.493 e. The lowest BCUT2D eigenvalue weighted by atomic mass is 10.0. The molecular weight excluding hydrogens is 312 g/mol. The van der Waals surface area contributed by atoms with Gasteiger partial charge in [-0.15, -0.1) is 0 Å². The van der Waals surface area contributed by atoms with E-state index in [1.807, 2.05) is 24.1 Å². The minimum Gasteiger partial charge on any atom is -0.493 e. The van der Waals surface area contributed by atoms with E-state index in [-0.39, 0.29) is 17.9 Å². The zero-order valence-corrected chi connectivity index (χ0v) is 15.0. The van der Waals surface area contributed by atoms with Gasteiger partial charge in [0.2, 0.25) is 5.91 Å². The van der Waals surface area contributed by atoms with E-state index in [2.05, 4.69) is 22.8 Å². The molecule has 132 valence electrons. The molecule has 4 heteroatoms. The first-order valence-corrected chi connectivity index (χ1v) is 9.47. The lowest BCUT2D eigenvalue weighted by Gasteiger charge is -2.28. The lowest BCUT2D eigenvalue weighted by Crippen LogP contribution is -2.37. The van der Waals surface area contributed by atoms with Crippen LogP contribution < -0.4 is 4.74 Å². The van der Waals surface area contributed by atoms with Crippen LogP contribution >= 0.6 is 0 Å². The smallest absolute Gasteiger partial charge is 0.227 e. The summed E-state index contributed by atoms with van der Waals surface area (Å²) in [5, 5.41) is 0. The minimum atomic E-state index is 0.0341. The van der Waals surface area contributed by atoms with Gasteiger partial charge < -0.3 is 14.5 Å². The van der Waals surface area contributed by atoms with Crippen molar-refractivity contribution in [1.29, 1.82) is 0 Å². The molecule has 1 aromatic carbocycles.